The van der Waals surface area contributed by atoms with Crippen molar-refractivity contribution < 1.29 is 4.74 Å². The fraction of sp³-hybridized carbons (Fsp3) is 0.308. The normalized spacial score (nSPS) is 10.5. The van der Waals surface area contributed by atoms with Crippen molar-refractivity contribution in [2.45, 2.75) is 20.1 Å². The zero-order valence-electron chi connectivity index (χ0n) is 10.9. The van der Waals surface area contributed by atoms with E-state index in [1.165, 1.54) is 0 Å². The number of aryl methyl sites for hydroxylation is 1. The summed E-state index contributed by atoms with van der Waals surface area (Å²) in [6.45, 7) is 2.88. The van der Waals surface area contributed by atoms with Crippen LogP contribution in [0.15, 0.2) is 24.3 Å². The number of hydrogen-bond acceptors (Lipinski definition) is 5. The van der Waals surface area contributed by atoms with E-state index in [1.807, 2.05) is 25.1 Å². The maximum Gasteiger partial charge on any atom is 0.158 e. The summed E-state index contributed by atoms with van der Waals surface area (Å²) < 4.78 is 4.99. The Balaban J connectivity index is 2.06. The van der Waals surface area contributed by atoms with E-state index >= 15 is 0 Å². The second-order valence-electron chi connectivity index (χ2n) is 4.05. The van der Waals surface area contributed by atoms with Crippen molar-refractivity contribution in [3.8, 4) is 0 Å². The molecule has 0 spiro atoms. The minimum absolute atomic E-state index is 0.331. The molecule has 2 heterocycles. The molecule has 0 fully saturated rings. The Morgan fingerprint density at radius 2 is 2.11 bits per heavy atom. The summed E-state index contributed by atoms with van der Waals surface area (Å²) in [5, 5.41) is 3.56. The van der Waals surface area contributed by atoms with Gasteiger partial charge in [0.05, 0.1) is 12.2 Å². The van der Waals surface area contributed by atoms with Crippen LogP contribution in [0.2, 0.25) is 5.15 Å². The number of aromatic nitrogens is 3. The third kappa shape index (κ3) is 4.15. The molecule has 0 unspecified atom stereocenters. The van der Waals surface area contributed by atoms with Gasteiger partial charge in [-0.25, -0.2) is 9.97 Å². The molecule has 0 radical (unpaired) electrons. The quantitative estimate of drug-likeness (QED) is 0.852. The summed E-state index contributed by atoms with van der Waals surface area (Å²) in [6.07, 6.45) is 0. The van der Waals surface area contributed by atoms with Crippen LogP contribution in [0.4, 0.5) is 5.82 Å². The van der Waals surface area contributed by atoms with Crippen molar-refractivity contribution in [2.75, 3.05) is 12.4 Å². The number of rotatable bonds is 5. The van der Waals surface area contributed by atoms with E-state index in [4.69, 9.17) is 16.3 Å². The highest BCUT2D eigenvalue weighted by molar-refractivity contribution is 6.29. The van der Waals surface area contributed by atoms with E-state index in [2.05, 4.69) is 20.3 Å². The highest BCUT2D eigenvalue weighted by atomic mass is 35.5. The molecule has 100 valence electrons. The summed E-state index contributed by atoms with van der Waals surface area (Å²) in [7, 11) is 1.59. The summed E-state index contributed by atoms with van der Waals surface area (Å²) >= 11 is 5.93. The molecule has 2 aromatic heterocycles. The molecule has 6 heteroatoms. The predicted octanol–water partition coefficient (Wildman–Crippen LogP) is 2.59. The molecule has 0 aliphatic carbocycles. The van der Waals surface area contributed by atoms with Gasteiger partial charge in [-0.3, -0.25) is 4.98 Å². The van der Waals surface area contributed by atoms with Gasteiger partial charge in [-0.15, -0.1) is 0 Å². The molecule has 0 atom stereocenters. The molecule has 0 saturated carbocycles. The van der Waals surface area contributed by atoms with Gasteiger partial charge in [0.1, 0.15) is 17.6 Å². The second-order valence-corrected chi connectivity index (χ2v) is 4.44. The van der Waals surface area contributed by atoms with Crippen LogP contribution in [0.25, 0.3) is 0 Å². The molecular formula is C13H15ClN4O. The van der Waals surface area contributed by atoms with Gasteiger partial charge in [-0.05, 0) is 19.1 Å². The second kappa shape index (κ2) is 6.45. The van der Waals surface area contributed by atoms with Gasteiger partial charge in [0.2, 0.25) is 0 Å². The monoisotopic (exact) mass is 278 g/mol. The molecule has 0 aliphatic rings. The lowest BCUT2D eigenvalue weighted by atomic mass is 10.3. The third-order valence-electron chi connectivity index (χ3n) is 2.41. The van der Waals surface area contributed by atoms with Gasteiger partial charge >= 0.3 is 0 Å². The Morgan fingerprint density at radius 1 is 1.26 bits per heavy atom. The van der Waals surface area contributed by atoms with Gasteiger partial charge in [-0.2, -0.15) is 0 Å². The molecule has 0 amide bonds. The summed E-state index contributed by atoms with van der Waals surface area (Å²) in [5.41, 5.74) is 1.93. The Hall–Kier alpha value is -1.72. The number of nitrogens with zero attached hydrogens (tertiary/aromatic N) is 3. The van der Waals surface area contributed by atoms with Gasteiger partial charge < -0.3 is 10.1 Å². The van der Waals surface area contributed by atoms with Gasteiger partial charge in [0.15, 0.2) is 5.82 Å². The first kappa shape index (κ1) is 13.7. The van der Waals surface area contributed by atoms with Crippen LogP contribution in [0.3, 0.4) is 0 Å². The zero-order valence-corrected chi connectivity index (χ0v) is 11.6. The van der Waals surface area contributed by atoms with E-state index < -0.39 is 0 Å². The topological polar surface area (TPSA) is 59.9 Å². The van der Waals surface area contributed by atoms with E-state index in [9.17, 15) is 0 Å². The lowest BCUT2D eigenvalue weighted by molar-refractivity contribution is 0.178. The number of anilines is 1. The van der Waals surface area contributed by atoms with Crippen molar-refractivity contribution in [1.29, 1.82) is 0 Å². The van der Waals surface area contributed by atoms with E-state index in [0.29, 0.717) is 29.9 Å². The highest BCUT2D eigenvalue weighted by Crippen LogP contribution is 2.13. The molecule has 5 nitrogen and oxygen atoms in total. The smallest absolute Gasteiger partial charge is 0.158 e. The Labute approximate surface area is 117 Å². The highest BCUT2D eigenvalue weighted by Gasteiger charge is 2.03. The summed E-state index contributed by atoms with van der Waals surface area (Å²) in [5.74, 6) is 1.21. The van der Waals surface area contributed by atoms with Crippen molar-refractivity contribution in [2.24, 2.45) is 0 Å². The molecule has 0 aliphatic heterocycles. The van der Waals surface area contributed by atoms with E-state index in [1.54, 1.807) is 13.2 Å². The first-order chi connectivity index (χ1) is 9.17. The molecule has 2 rings (SSSR count). The van der Waals surface area contributed by atoms with Crippen LogP contribution in [0.5, 0.6) is 0 Å². The van der Waals surface area contributed by atoms with Gasteiger partial charge in [0, 0.05) is 18.9 Å². The number of ether oxygens (including phenoxy) is 1. The van der Waals surface area contributed by atoms with Gasteiger partial charge in [0.25, 0.3) is 0 Å². The molecular weight excluding hydrogens is 264 g/mol. The van der Waals surface area contributed by atoms with Crippen LogP contribution >= 0.6 is 11.6 Å². The molecule has 1 N–H and O–H groups in total. The Kier molecular flexibility index (Phi) is 4.65. The fourth-order valence-electron chi connectivity index (χ4n) is 1.63. The average Bonchev–Trinajstić information content (AvgIpc) is 2.36. The van der Waals surface area contributed by atoms with E-state index in [0.717, 1.165) is 11.4 Å². The maximum atomic E-state index is 5.93. The van der Waals surface area contributed by atoms with Crippen LogP contribution in [-0.4, -0.2) is 22.1 Å². The van der Waals surface area contributed by atoms with Crippen LogP contribution in [0.1, 0.15) is 17.2 Å². The Bertz CT molecular complexity index is 562. The molecule has 19 heavy (non-hydrogen) atoms. The van der Waals surface area contributed by atoms with Crippen LogP contribution < -0.4 is 5.32 Å². The number of methoxy groups -OCH3 is 1. The minimum Gasteiger partial charge on any atom is -0.377 e. The van der Waals surface area contributed by atoms with Gasteiger partial charge in [-0.1, -0.05) is 17.7 Å². The van der Waals surface area contributed by atoms with Crippen molar-refractivity contribution in [3.05, 3.63) is 46.6 Å². The first-order valence-electron chi connectivity index (χ1n) is 5.86. The summed E-state index contributed by atoms with van der Waals surface area (Å²) in [4.78, 5) is 12.8. The minimum atomic E-state index is 0.331. The van der Waals surface area contributed by atoms with Crippen molar-refractivity contribution in [3.63, 3.8) is 0 Å². The van der Waals surface area contributed by atoms with E-state index in [-0.39, 0.29) is 0 Å². The lowest BCUT2D eigenvalue weighted by Crippen LogP contribution is -2.06. The average molecular weight is 279 g/mol. The van der Waals surface area contributed by atoms with Crippen molar-refractivity contribution in [1.82, 2.24) is 15.0 Å². The largest absolute Gasteiger partial charge is 0.377 e. The standard InChI is InChI=1S/C13H15ClN4O/c1-9-4-3-5-10(16-9)7-15-12-6-11(14)17-13(18-12)8-19-2/h3-6H,7-8H2,1-2H3,(H,15,17,18). The SMILES string of the molecule is COCc1nc(Cl)cc(NCc2cccc(C)n2)n1. The van der Waals surface area contributed by atoms with Crippen molar-refractivity contribution >= 4 is 17.4 Å². The lowest BCUT2D eigenvalue weighted by Gasteiger charge is -2.07. The molecule has 0 aromatic carbocycles. The number of nitrogens with one attached hydrogen (secondary N) is 1. The molecule has 0 bridgehead atoms. The summed E-state index contributed by atoms with van der Waals surface area (Å²) in [6, 6.07) is 7.57. The molecule has 2 aromatic rings. The Morgan fingerprint density at radius 3 is 2.84 bits per heavy atom. The number of halogens is 1. The first-order valence-corrected chi connectivity index (χ1v) is 6.24. The molecule has 0 saturated heterocycles. The maximum absolute atomic E-state index is 5.93. The number of pyridine rings is 1. The van der Waals surface area contributed by atoms with Crippen LogP contribution in [0, 0.1) is 6.92 Å². The number of hydrogen-bond donors (Lipinski definition) is 1. The zero-order chi connectivity index (χ0) is 13.7. The van der Waals surface area contributed by atoms with Crippen LogP contribution in [-0.2, 0) is 17.9 Å². The third-order valence-corrected chi connectivity index (χ3v) is 2.60. The predicted molar refractivity (Wildman–Crippen MR) is 74.1 cm³/mol. The fourth-order valence-corrected chi connectivity index (χ4v) is 1.83.